The molecular weight excluding hydrogens is 310 g/mol. The maximum Gasteiger partial charge on any atom is 0.270 e. The molecule has 1 N–H and O–H groups in total. The van der Waals surface area contributed by atoms with Crippen LogP contribution in [-0.2, 0) is 9.84 Å². The molecule has 0 bridgehead atoms. The highest BCUT2D eigenvalue weighted by Crippen LogP contribution is 2.30. The predicted molar refractivity (Wildman–Crippen MR) is 78.5 cm³/mol. The number of non-ortho nitro benzene ring substituents is 1. The van der Waals surface area contributed by atoms with E-state index in [1.54, 1.807) is 0 Å². The number of azo groups is 1. The summed E-state index contributed by atoms with van der Waals surface area (Å²) in [5.74, 6) is 0.0612. The summed E-state index contributed by atoms with van der Waals surface area (Å²) in [6.45, 7) is 0. The van der Waals surface area contributed by atoms with Crippen LogP contribution in [0.5, 0.6) is 5.75 Å². The molecule has 0 aliphatic heterocycles. The fourth-order valence-electron chi connectivity index (χ4n) is 1.63. The monoisotopic (exact) mass is 321 g/mol. The Hall–Kier alpha value is -2.81. The van der Waals surface area contributed by atoms with Gasteiger partial charge in [-0.3, -0.25) is 10.1 Å². The molecule has 22 heavy (non-hydrogen) atoms. The number of nitrogens with zero attached hydrogens (tertiary/aromatic N) is 3. The van der Waals surface area contributed by atoms with Crippen LogP contribution in [0.15, 0.2) is 57.6 Å². The van der Waals surface area contributed by atoms with Gasteiger partial charge in [-0.15, -0.1) is 5.11 Å². The van der Waals surface area contributed by atoms with Gasteiger partial charge in [0.1, 0.15) is 16.3 Å². The van der Waals surface area contributed by atoms with Crippen molar-refractivity contribution < 1.29 is 18.4 Å². The quantitative estimate of drug-likeness (QED) is 0.526. The van der Waals surface area contributed by atoms with E-state index >= 15 is 0 Å². The topological polar surface area (TPSA) is 122 Å². The molecule has 2 aromatic rings. The molecule has 2 rings (SSSR count). The second kappa shape index (κ2) is 5.90. The van der Waals surface area contributed by atoms with Crippen LogP contribution in [0.1, 0.15) is 0 Å². The molecule has 0 unspecified atom stereocenters. The van der Waals surface area contributed by atoms with E-state index in [-0.39, 0.29) is 22.0 Å². The van der Waals surface area contributed by atoms with E-state index < -0.39 is 14.8 Å². The van der Waals surface area contributed by atoms with Gasteiger partial charge in [-0.2, -0.15) is 5.11 Å². The van der Waals surface area contributed by atoms with E-state index in [1.165, 1.54) is 30.3 Å². The Morgan fingerprint density at radius 2 is 1.73 bits per heavy atom. The molecule has 9 heteroatoms. The molecule has 114 valence electrons. The predicted octanol–water partition coefficient (Wildman–Crippen LogP) is 3.12. The summed E-state index contributed by atoms with van der Waals surface area (Å²) < 4.78 is 23.5. The minimum absolute atomic E-state index is 0.00109. The van der Waals surface area contributed by atoms with Crippen molar-refractivity contribution in [2.75, 3.05) is 6.26 Å². The lowest BCUT2D eigenvalue weighted by molar-refractivity contribution is -0.385. The smallest absolute Gasteiger partial charge is 0.270 e. The van der Waals surface area contributed by atoms with Crippen molar-refractivity contribution in [3.63, 3.8) is 0 Å². The zero-order chi connectivity index (χ0) is 16.3. The van der Waals surface area contributed by atoms with Crippen LogP contribution in [-0.4, -0.2) is 24.7 Å². The number of rotatable bonds is 4. The average molecular weight is 321 g/mol. The minimum atomic E-state index is -3.70. The first kappa shape index (κ1) is 15.6. The fourth-order valence-corrected chi connectivity index (χ4v) is 2.45. The Morgan fingerprint density at radius 3 is 2.27 bits per heavy atom. The lowest BCUT2D eigenvalue weighted by Gasteiger charge is -2.02. The fraction of sp³-hybridized carbons (Fsp3) is 0.0769. The van der Waals surface area contributed by atoms with E-state index in [0.717, 1.165) is 18.4 Å². The van der Waals surface area contributed by atoms with Crippen molar-refractivity contribution in [3.8, 4) is 5.75 Å². The van der Waals surface area contributed by atoms with Gasteiger partial charge in [-0.25, -0.2) is 8.42 Å². The molecule has 0 aliphatic carbocycles. The highest BCUT2D eigenvalue weighted by molar-refractivity contribution is 7.90. The van der Waals surface area contributed by atoms with E-state index in [2.05, 4.69) is 10.2 Å². The van der Waals surface area contributed by atoms with E-state index in [4.69, 9.17) is 5.11 Å². The Labute approximate surface area is 125 Å². The maximum absolute atomic E-state index is 11.7. The SMILES string of the molecule is CS(=O)(=O)c1cc([N+](=O)[O-])ccc1N=Nc1ccc(O)cc1. The normalized spacial score (nSPS) is 11.7. The van der Waals surface area contributed by atoms with Gasteiger partial charge >= 0.3 is 0 Å². The van der Waals surface area contributed by atoms with Crippen LogP contribution in [0.3, 0.4) is 0 Å². The third-order valence-corrected chi connectivity index (χ3v) is 3.80. The molecule has 0 amide bonds. The van der Waals surface area contributed by atoms with Crippen molar-refractivity contribution >= 4 is 26.9 Å². The van der Waals surface area contributed by atoms with Crippen molar-refractivity contribution in [2.45, 2.75) is 4.90 Å². The van der Waals surface area contributed by atoms with Gasteiger partial charge in [0.15, 0.2) is 9.84 Å². The van der Waals surface area contributed by atoms with Crippen LogP contribution < -0.4 is 0 Å². The van der Waals surface area contributed by atoms with E-state index in [1.807, 2.05) is 0 Å². The molecule has 0 aromatic heterocycles. The summed E-state index contributed by atoms with van der Waals surface area (Å²) in [5, 5.41) is 27.6. The number of sulfone groups is 1. The Morgan fingerprint density at radius 1 is 1.09 bits per heavy atom. The first-order valence-electron chi connectivity index (χ1n) is 5.96. The van der Waals surface area contributed by atoms with Gasteiger partial charge < -0.3 is 5.11 Å². The molecule has 0 saturated carbocycles. The molecule has 2 aromatic carbocycles. The third kappa shape index (κ3) is 3.64. The Balaban J connectivity index is 2.46. The summed E-state index contributed by atoms with van der Waals surface area (Å²) in [4.78, 5) is 9.78. The molecular formula is C13H11N3O5S. The number of benzene rings is 2. The first-order valence-corrected chi connectivity index (χ1v) is 7.86. The first-order chi connectivity index (χ1) is 10.3. The van der Waals surface area contributed by atoms with Crippen LogP contribution in [0.25, 0.3) is 0 Å². The highest BCUT2D eigenvalue weighted by atomic mass is 32.2. The summed E-state index contributed by atoms with van der Waals surface area (Å²) >= 11 is 0. The summed E-state index contributed by atoms with van der Waals surface area (Å²) in [6.07, 6.45) is 0.936. The Bertz CT molecular complexity index is 844. The molecule has 0 fully saturated rings. The molecule has 0 aliphatic rings. The summed E-state index contributed by atoms with van der Waals surface area (Å²) in [6, 6.07) is 9.11. The molecule has 0 radical (unpaired) electrons. The number of phenolic OH excluding ortho intramolecular Hbond substituents is 1. The van der Waals surface area contributed by atoms with Crippen molar-refractivity contribution in [3.05, 3.63) is 52.6 Å². The standard InChI is InChI=1S/C13H11N3O5S/c1-22(20,21)13-8-10(16(18)19)4-7-12(13)15-14-9-2-5-11(17)6-3-9/h2-8,17H,1H3. The number of phenols is 1. The Kier molecular flexibility index (Phi) is 4.18. The van der Waals surface area contributed by atoms with E-state index in [0.29, 0.717) is 5.69 Å². The number of aromatic hydroxyl groups is 1. The molecule has 8 nitrogen and oxygen atoms in total. The summed E-state index contributed by atoms with van der Waals surface area (Å²) in [7, 11) is -3.70. The van der Waals surface area contributed by atoms with Gasteiger partial charge in [-0.05, 0) is 30.3 Å². The van der Waals surface area contributed by atoms with Crippen molar-refractivity contribution in [1.29, 1.82) is 0 Å². The zero-order valence-corrected chi connectivity index (χ0v) is 12.2. The van der Waals surface area contributed by atoms with Crippen molar-refractivity contribution in [2.24, 2.45) is 10.2 Å². The zero-order valence-electron chi connectivity index (χ0n) is 11.4. The third-order valence-electron chi connectivity index (χ3n) is 2.68. The average Bonchev–Trinajstić information content (AvgIpc) is 2.45. The van der Waals surface area contributed by atoms with Crippen LogP contribution in [0, 0.1) is 10.1 Å². The largest absolute Gasteiger partial charge is 0.508 e. The van der Waals surface area contributed by atoms with Crippen LogP contribution in [0.2, 0.25) is 0 Å². The molecule has 0 saturated heterocycles. The lowest BCUT2D eigenvalue weighted by atomic mass is 10.3. The highest BCUT2D eigenvalue weighted by Gasteiger charge is 2.18. The van der Waals surface area contributed by atoms with Gasteiger partial charge in [0.2, 0.25) is 0 Å². The molecule has 0 atom stereocenters. The van der Waals surface area contributed by atoms with Crippen LogP contribution in [0.4, 0.5) is 17.1 Å². The lowest BCUT2D eigenvalue weighted by Crippen LogP contribution is -1.99. The van der Waals surface area contributed by atoms with Gasteiger partial charge in [-0.1, -0.05) is 0 Å². The molecule has 0 spiro atoms. The second-order valence-corrected chi connectivity index (χ2v) is 6.38. The second-order valence-electron chi connectivity index (χ2n) is 4.40. The van der Waals surface area contributed by atoms with Crippen LogP contribution >= 0.6 is 0 Å². The number of nitro benzene ring substituents is 1. The van der Waals surface area contributed by atoms with Gasteiger partial charge in [0, 0.05) is 18.4 Å². The minimum Gasteiger partial charge on any atom is -0.508 e. The van der Waals surface area contributed by atoms with Gasteiger partial charge in [0.25, 0.3) is 5.69 Å². The molecule has 0 heterocycles. The van der Waals surface area contributed by atoms with Crippen molar-refractivity contribution in [1.82, 2.24) is 0 Å². The van der Waals surface area contributed by atoms with E-state index in [9.17, 15) is 18.5 Å². The number of hydrogen-bond acceptors (Lipinski definition) is 7. The van der Waals surface area contributed by atoms with Gasteiger partial charge in [0.05, 0.1) is 10.6 Å². The summed E-state index contributed by atoms with van der Waals surface area (Å²) in [5.41, 5.74) is 0.0563. The maximum atomic E-state index is 11.7. The number of nitro groups is 1. The number of hydrogen-bond donors (Lipinski definition) is 1.